The predicted octanol–water partition coefficient (Wildman–Crippen LogP) is 4.75. The summed E-state index contributed by atoms with van der Waals surface area (Å²) in [6.07, 6.45) is -5.03. The first kappa shape index (κ1) is 16.9. The first-order valence-corrected chi connectivity index (χ1v) is 7.98. The monoisotopic (exact) mass is 380 g/mol. The van der Waals surface area contributed by atoms with Gasteiger partial charge in [-0.25, -0.2) is 4.98 Å². The summed E-state index contributed by atoms with van der Waals surface area (Å²) in [5, 5.41) is 14.4. The number of hydrogen-bond acceptors (Lipinski definition) is 4. The number of aromatic nitrogens is 1. The number of pyridine rings is 1. The Morgan fingerprint density at radius 1 is 1.19 bits per heavy atom. The molecule has 0 amide bonds. The Balaban J connectivity index is 2.18. The number of methoxy groups -OCH3 is 1. The summed E-state index contributed by atoms with van der Waals surface area (Å²) in [4.78, 5) is 4.16. The number of nitrogens with one attached hydrogen (secondary N) is 1. The smallest absolute Gasteiger partial charge is 0.426 e. The molecule has 1 aromatic heterocycles. The van der Waals surface area contributed by atoms with Gasteiger partial charge < -0.3 is 15.2 Å². The molecule has 0 bridgehead atoms. The molecule has 0 aliphatic carbocycles. The topological polar surface area (TPSA) is 54.4 Å². The fraction of sp³-hybridized carbons (Fsp3) is 0.167. The maximum Gasteiger partial charge on any atom is 0.426 e. The van der Waals surface area contributed by atoms with Gasteiger partial charge in [-0.2, -0.15) is 13.2 Å². The van der Waals surface area contributed by atoms with Crippen molar-refractivity contribution in [1.82, 2.24) is 4.98 Å². The lowest BCUT2D eigenvalue weighted by Crippen LogP contribution is -2.46. The van der Waals surface area contributed by atoms with E-state index in [2.05, 4.69) is 10.3 Å². The highest BCUT2D eigenvalue weighted by molar-refractivity contribution is 6.30. The Kier molecular flexibility index (Phi) is 3.58. The lowest BCUT2D eigenvalue weighted by Gasteiger charge is -2.39. The lowest BCUT2D eigenvalue weighted by molar-refractivity contribution is -0.248. The quantitative estimate of drug-likeness (QED) is 0.639. The maximum atomic E-state index is 14.1. The molecule has 2 heterocycles. The van der Waals surface area contributed by atoms with Gasteiger partial charge in [0.25, 0.3) is 0 Å². The van der Waals surface area contributed by atoms with Gasteiger partial charge in [-0.05, 0) is 24.3 Å². The largest absolute Gasteiger partial charge is 0.481 e. The molecule has 4 rings (SSSR count). The zero-order valence-electron chi connectivity index (χ0n) is 13.4. The molecule has 2 aromatic carbocycles. The van der Waals surface area contributed by atoms with Gasteiger partial charge in [-0.3, -0.25) is 0 Å². The molecule has 0 fully saturated rings. The summed E-state index contributed by atoms with van der Waals surface area (Å²) in [6.45, 7) is 0. The second kappa shape index (κ2) is 5.49. The van der Waals surface area contributed by atoms with Gasteiger partial charge in [-0.1, -0.05) is 29.8 Å². The molecular formula is C18H12ClF3N2O2. The number of para-hydroxylation sites is 1. The molecule has 26 heavy (non-hydrogen) atoms. The van der Waals surface area contributed by atoms with Crippen LogP contribution in [0.5, 0.6) is 5.88 Å². The number of nitrogens with zero attached hydrogens (tertiary/aromatic N) is 1. The van der Waals surface area contributed by atoms with Crippen LogP contribution in [0.2, 0.25) is 5.02 Å². The number of aliphatic hydroxyl groups is 1. The first-order chi connectivity index (χ1) is 12.3. The third kappa shape index (κ3) is 2.17. The highest BCUT2D eigenvalue weighted by Gasteiger charge is 2.61. The van der Waals surface area contributed by atoms with Gasteiger partial charge in [0.15, 0.2) is 0 Å². The molecule has 1 atom stereocenters. The van der Waals surface area contributed by atoms with Crippen molar-refractivity contribution in [2.24, 2.45) is 0 Å². The highest BCUT2D eigenvalue weighted by atomic mass is 35.5. The molecule has 4 nitrogen and oxygen atoms in total. The average Bonchev–Trinajstić information content (AvgIpc) is 2.60. The lowest BCUT2D eigenvalue weighted by atomic mass is 9.80. The molecule has 134 valence electrons. The summed E-state index contributed by atoms with van der Waals surface area (Å²) in [6, 6.07) is 10.6. The SMILES string of the molecule is COc1nc2ccccc2c2c1C(O)(C(F)(F)F)c1cc(Cl)ccc1N2. The maximum absolute atomic E-state index is 14.1. The predicted molar refractivity (Wildman–Crippen MR) is 92.1 cm³/mol. The van der Waals surface area contributed by atoms with Gasteiger partial charge in [-0.15, -0.1) is 0 Å². The normalized spacial score (nSPS) is 18.8. The summed E-state index contributed by atoms with van der Waals surface area (Å²) >= 11 is 5.90. The van der Waals surface area contributed by atoms with Crippen LogP contribution >= 0.6 is 11.6 Å². The first-order valence-electron chi connectivity index (χ1n) is 7.60. The number of fused-ring (bicyclic) bond motifs is 4. The van der Waals surface area contributed by atoms with E-state index < -0.39 is 22.9 Å². The molecule has 0 saturated heterocycles. The van der Waals surface area contributed by atoms with Crippen molar-refractivity contribution in [2.75, 3.05) is 12.4 Å². The summed E-state index contributed by atoms with van der Waals surface area (Å²) in [5.74, 6) is -0.309. The minimum absolute atomic E-state index is 0.0735. The molecule has 1 aliphatic rings. The second-order valence-electron chi connectivity index (χ2n) is 5.91. The van der Waals surface area contributed by atoms with Crippen LogP contribution < -0.4 is 10.1 Å². The summed E-state index contributed by atoms with van der Waals surface area (Å²) in [7, 11) is 1.21. The molecule has 2 N–H and O–H groups in total. The molecule has 0 radical (unpaired) electrons. The Morgan fingerprint density at radius 2 is 1.92 bits per heavy atom. The van der Waals surface area contributed by atoms with Crippen LogP contribution in [-0.4, -0.2) is 23.4 Å². The van der Waals surface area contributed by atoms with Crippen molar-refractivity contribution in [3.63, 3.8) is 0 Å². The number of alkyl halides is 3. The Hall–Kier alpha value is -2.51. The second-order valence-corrected chi connectivity index (χ2v) is 6.35. The minimum atomic E-state index is -5.03. The van der Waals surface area contributed by atoms with E-state index in [4.69, 9.17) is 16.3 Å². The van der Waals surface area contributed by atoms with E-state index in [-0.39, 0.29) is 22.3 Å². The molecule has 3 aromatic rings. The molecule has 8 heteroatoms. The number of anilines is 2. The van der Waals surface area contributed by atoms with Crippen molar-refractivity contribution in [1.29, 1.82) is 0 Å². The van der Waals surface area contributed by atoms with Crippen molar-refractivity contribution in [3.8, 4) is 5.88 Å². The standard InChI is InChI=1S/C18H12ClF3N2O2/c1-26-16-14-15(10-4-2-3-5-12(10)24-16)23-13-7-6-9(19)8-11(13)17(14,25)18(20,21)22/h2-8,23,25H,1H3. The van der Waals surface area contributed by atoms with E-state index in [0.717, 1.165) is 6.07 Å². The van der Waals surface area contributed by atoms with Crippen LogP contribution in [0.25, 0.3) is 10.9 Å². The van der Waals surface area contributed by atoms with Crippen molar-refractivity contribution >= 4 is 33.9 Å². The average molecular weight is 381 g/mol. The van der Waals surface area contributed by atoms with Crippen molar-refractivity contribution in [3.05, 3.63) is 58.6 Å². The van der Waals surface area contributed by atoms with Gasteiger partial charge in [0, 0.05) is 21.7 Å². The van der Waals surface area contributed by atoms with Crippen LogP contribution in [0.4, 0.5) is 24.5 Å². The molecule has 0 saturated carbocycles. The fourth-order valence-electron chi connectivity index (χ4n) is 3.29. The molecule has 1 unspecified atom stereocenters. The van der Waals surface area contributed by atoms with E-state index in [1.165, 1.54) is 19.2 Å². The fourth-order valence-corrected chi connectivity index (χ4v) is 3.46. The van der Waals surface area contributed by atoms with Crippen LogP contribution in [0.3, 0.4) is 0 Å². The van der Waals surface area contributed by atoms with Crippen LogP contribution in [-0.2, 0) is 5.60 Å². The minimum Gasteiger partial charge on any atom is -0.481 e. The van der Waals surface area contributed by atoms with E-state index in [1.54, 1.807) is 24.3 Å². The van der Waals surface area contributed by atoms with E-state index in [1.807, 2.05) is 0 Å². The number of benzene rings is 2. The Bertz CT molecular complexity index is 1040. The molecule has 1 aliphatic heterocycles. The molecule has 0 spiro atoms. The van der Waals surface area contributed by atoms with Gasteiger partial charge in [0.2, 0.25) is 11.5 Å². The van der Waals surface area contributed by atoms with E-state index >= 15 is 0 Å². The Labute approximate surface area is 151 Å². The number of hydrogen-bond donors (Lipinski definition) is 2. The summed E-state index contributed by atoms with van der Waals surface area (Å²) in [5.41, 5.74) is -3.56. The van der Waals surface area contributed by atoms with Gasteiger partial charge >= 0.3 is 6.18 Å². The Morgan fingerprint density at radius 3 is 2.62 bits per heavy atom. The van der Waals surface area contributed by atoms with E-state index in [9.17, 15) is 18.3 Å². The van der Waals surface area contributed by atoms with Crippen molar-refractivity contribution < 1.29 is 23.0 Å². The third-order valence-corrected chi connectivity index (χ3v) is 4.69. The zero-order valence-corrected chi connectivity index (χ0v) is 14.1. The van der Waals surface area contributed by atoms with E-state index in [0.29, 0.717) is 10.9 Å². The highest BCUT2D eigenvalue weighted by Crippen LogP contribution is 2.56. The van der Waals surface area contributed by atoms with Crippen LogP contribution in [0.15, 0.2) is 42.5 Å². The van der Waals surface area contributed by atoms with Crippen LogP contribution in [0, 0.1) is 0 Å². The summed E-state index contributed by atoms with van der Waals surface area (Å²) < 4.78 is 47.5. The van der Waals surface area contributed by atoms with Crippen LogP contribution in [0.1, 0.15) is 11.1 Å². The number of rotatable bonds is 1. The number of ether oxygens (including phenoxy) is 1. The number of halogens is 4. The third-order valence-electron chi connectivity index (χ3n) is 4.46. The van der Waals surface area contributed by atoms with Gasteiger partial charge in [0.05, 0.1) is 23.9 Å². The zero-order chi connectivity index (χ0) is 18.7. The molecular weight excluding hydrogens is 369 g/mol. The van der Waals surface area contributed by atoms with Gasteiger partial charge in [0.1, 0.15) is 0 Å². The van der Waals surface area contributed by atoms with Crippen molar-refractivity contribution in [2.45, 2.75) is 11.8 Å².